The van der Waals surface area contributed by atoms with Gasteiger partial charge in [-0.2, -0.15) is 9.78 Å². The molecule has 0 radical (unpaired) electrons. The first kappa shape index (κ1) is 25.4. The average Bonchev–Trinajstić information content (AvgIpc) is 3.32. The van der Waals surface area contributed by atoms with E-state index in [1.165, 1.54) is 40.0 Å². The zero-order valence-electron chi connectivity index (χ0n) is 20.5. The van der Waals surface area contributed by atoms with Gasteiger partial charge in [0.25, 0.3) is 0 Å². The summed E-state index contributed by atoms with van der Waals surface area (Å²) in [5.41, 5.74) is 2.32. The summed E-state index contributed by atoms with van der Waals surface area (Å²) in [5.74, 6) is 1.32. The van der Waals surface area contributed by atoms with Crippen molar-refractivity contribution in [2.45, 2.75) is 13.8 Å². The lowest BCUT2D eigenvalue weighted by Crippen LogP contribution is -2.15. The molecule has 1 heterocycles. The molecule has 0 spiro atoms. The van der Waals surface area contributed by atoms with Gasteiger partial charge in [0.05, 0.1) is 46.4 Å². The molecule has 10 nitrogen and oxygen atoms in total. The third-order valence-corrected chi connectivity index (χ3v) is 5.08. The van der Waals surface area contributed by atoms with Crippen LogP contribution in [0.3, 0.4) is 0 Å². The topological polar surface area (TPSA) is 107 Å². The molecule has 3 rings (SSSR count). The van der Waals surface area contributed by atoms with Crippen molar-refractivity contribution in [3.63, 3.8) is 0 Å². The number of methoxy groups -OCH3 is 4. The molecular formula is C25H28N2O8. The lowest BCUT2D eigenvalue weighted by Gasteiger charge is -2.13. The summed E-state index contributed by atoms with van der Waals surface area (Å²) >= 11 is 0. The molecule has 186 valence electrons. The van der Waals surface area contributed by atoms with Crippen LogP contribution in [0.4, 0.5) is 0 Å². The van der Waals surface area contributed by atoms with Gasteiger partial charge in [0, 0.05) is 18.1 Å². The predicted octanol–water partition coefficient (Wildman–Crippen LogP) is 3.85. The zero-order chi connectivity index (χ0) is 25.5. The second-order valence-corrected chi connectivity index (χ2v) is 7.22. The fourth-order valence-electron chi connectivity index (χ4n) is 3.48. The smallest absolute Gasteiger partial charge is 0.344 e. The SMILES string of the molecule is CCOC(=O)COc1cc(-c2cc(-c3cc(OC)c(OC)c(OC)c3)nn2C(C)=O)ccc1OC. The summed E-state index contributed by atoms with van der Waals surface area (Å²) in [6, 6.07) is 10.4. The van der Waals surface area contributed by atoms with Gasteiger partial charge in [-0.15, -0.1) is 0 Å². The molecular weight excluding hydrogens is 456 g/mol. The number of esters is 1. The number of carbonyl (C=O) groups excluding carboxylic acids is 2. The highest BCUT2D eigenvalue weighted by Gasteiger charge is 2.20. The lowest BCUT2D eigenvalue weighted by molar-refractivity contribution is -0.145. The zero-order valence-corrected chi connectivity index (χ0v) is 20.5. The normalized spacial score (nSPS) is 10.5. The van der Waals surface area contributed by atoms with E-state index in [4.69, 9.17) is 28.4 Å². The van der Waals surface area contributed by atoms with Crippen LogP contribution in [-0.2, 0) is 9.53 Å². The summed E-state index contributed by atoms with van der Waals surface area (Å²) in [7, 11) is 6.06. The number of hydrogen-bond acceptors (Lipinski definition) is 9. The minimum atomic E-state index is -0.501. The van der Waals surface area contributed by atoms with E-state index >= 15 is 0 Å². The number of aromatic nitrogens is 2. The van der Waals surface area contributed by atoms with Gasteiger partial charge in [-0.25, -0.2) is 4.79 Å². The molecule has 1 aromatic heterocycles. The highest BCUT2D eigenvalue weighted by atomic mass is 16.6. The van der Waals surface area contributed by atoms with E-state index in [-0.39, 0.29) is 19.1 Å². The van der Waals surface area contributed by atoms with Crippen LogP contribution >= 0.6 is 0 Å². The Hall–Kier alpha value is -4.21. The minimum absolute atomic E-state index is 0.251. The van der Waals surface area contributed by atoms with Crippen molar-refractivity contribution in [2.24, 2.45) is 0 Å². The molecule has 35 heavy (non-hydrogen) atoms. The number of rotatable bonds is 10. The highest BCUT2D eigenvalue weighted by molar-refractivity contribution is 5.84. The monoisotopic (exact) mass is 484 g/mol. The maximum absolute atomic E-state index is 12.4. The summed E-state index contributed by atoms with van der Waals surface area (Å²) < 4.78 is 33.4. The predicted molar refractivity (Wildman–Crippen MR) is 128 cm³/mol. The number of ether oxygens (including phenoxy) is 6. The van der Waals surface area contributed by atoms with Crippen LogP contribution in [0.2, 0.25) is 0 Å². The van der Waals surface area contributed by atoms with Gasteiger partial charge in [-0.1, -0.05) is 0 Å². The van der Waals surface area contributed by atoms with Crippen LogP contribution < -0.4 is 23.7 Å². The number of hydrogen-bond donors (Lipinski definition) is 0. The van der Waals surface area contributed by atoms with Gasteiger partial charge in [-0.05, 0) is 43.3 Å². The second-order valence-electron chi connectivity index (χ2n) is 7.22. The van der Waals surface area contributed by atoms with E-state index in [1.54, 1.807) is 43.3 Å². The molecule has 0 unspecified atom stereocenters. The van der Waals surface area contributed by atoms with Gasteiger partial charge in [0.15, 0.2) is 29.6 Å². The first-order chi connectivity index (χ1) is 16.9. The Morgan fingerprint density at radius 3 is 2.00 bits per heavy atom. The Bertz CT molecular complexity index is 1190. The summed E-state index contributed by atoms with van der Waals surface area (Å²) in [4.78, 5) is 24.2. The highest BCUT2D eigenvalue weighted by Crippen LogP contribution is 2.42. The molecule has 0 aliphatic heterocycles. The fraction of sp³-hybridized carbons (Fsp3) is 0.320. The van der Waals surface area contributed by atoms with Gasteiger partial charge in [0.2, 0.25) is 11.7 Å². The van der Waals surface area contributed by atoms with Crippen molar-refractivity contribution in [1.82, 2.24) is 9.78 Å². The first-order valence-corrected chi connectivity index (χ1v) is 10.7. The molecule has 0 bridgehead atoms. The maximum atomic E-state index is 12.4. The third kappa shape index (κ3) is 5.48. The Balaban J connectivity index is 2.08. The maximum Gasteiger partial charge on any atom is 0.344 e. The van der Waals surface area contributed by atoms with Crippen molar-refractivity contribution < 1.29 is 38.0 Å². The summed E-state index contributed by atoms with van der Waals surface area (Å²) in [6.07, 6.45) is 0. The lowest BCUT2D eigenvalue weighted by atomic mass is 10.1. The summed E-state index contributed by atoms with van der Waals surface area (Å²) in [6.45, 7) is 3.10. The van der Waals surface area contributed by atoms with Crippen LogP contribution in [-0.4, -0.2) is 63.3 Å². The Morgan fingerprint density at radius 2 is 1.46 bits per heavy atom. The van der Waals surface area contributed by atoms with E-state index in [9.17, 15) is 9.59 Å². The van der Waals surface area contributed by atoms with E-state index in [0.717, 1.165) is 0 Å². The first-order valence-electron chi connectivity index (χ1n) is 10.7. The van der Waals surface area contributed by atoms with Gasteiger partial charge >= 0.3 is 5.97 Å². The molecule has 3 aromatic rings. The van der Waals surface area contributed by atoms with Crippen LogP contribution in [0.25, 0.3) is 22.5 Å². The van der Waals surface area contributed by atoms with Crippen molar-refractivity contribution in [2.75, 3.05) is 41.7 Å². The Morgan fingerprint density at radius 1 is 0.829 bits per heavy atom. The number of benzene rings is 2. The third-order valence-electron chi connectivity index (χ3n) is 5.08. The van der Waals surface area contributed by atoms with Crippen molar-refractivity contribution in [3.8, 4) is 51.3 Å². The minimum Gasteiger partial charge on any atom is -0.493 e. The van der Waals surface area contributed by atoms with Crippen LogP contribution in [0.5, 0.6) is 28.7 Å². The van der Waals surface area contributed by atoms with E-state index < -0.39 is 5.97 Å². The van der Waals surface area contributed by atoms with E-state index in [1.807, 2.05) is 0 Å². The Labute approximate surface area is 203 Å². The molecule has 0 aliphatic carbocycles. The molecule has 10 heteroatoms. The van der Waals surface area contributed by atoms with Gasteiger partial charge in [0.1, 0.15) is 0 Å². The van der Waals surface area contributed by atoms with E-state index in [2.05, 4.69) is 5.10 Å². The fourth-order valence-corrected chi connectivity index (χ4v) is 3.48. The van der Waals surface area contributed by atoms with Crippen molar-refractivity contribution >= 4 is 11.9 Å². The van der Waals surface area contributed by atoms with Gasteiger partial charge in [-0.3, -0.25) is 4.79 Å². The Kier molecular flexibility index (Phi) is 8.19. The number of carbonyl (C=O) groups is 2. The van der Waals surface area contributed by atoms with Crippen molar-refractivity contribution in [1.29, 1.82) is 0 Å². The van der Waals surface area contributed by atoms with Crippen LogP contribution in [0.15, 0.2) is 36.4 Å². The standard InChI is InChI=1S/C25H28N2O8/c1-7-34-24(29)14-35-21-10-16(8-9-20(21)30-3)19-13-18(26-27(19)15(2)28)17-11-22(31-4)25(33-6)23(12-17)32-5/h8-13H,7,14H2,1-6H3. The molecule has 2 aromatic carbocycles. The molecule has 0 amide bonds. The molecule has 0 saturated heterocycles. The molecule has 0 atom stereocenters. The molecule has 0 aliphatic rings. The van der Waals surface area contributed by atoms with E-state index in [0.29, 0.717) is 51.3 Å². The van der Waals surface area contributed by atoms with Crippen molar-refractivity contribution in [3.05, 3.63) is 36.4 Å². The summed E-state index contributed by atoms with van der Waals surface area (Å²) in [5, 5.41) is 4.50. The second kappa shape index (κ2) is 11.3. The van der Waals surface area contributed by atoms with Crippen LogP contribution in [0.1, 0.15) is 18.6 Å². The number of nitrogens with zero attached hydrogens (tertiary/aromatic N) is 2. The molecule has 0 fully saturated rings. The van der Waals surface area contributed by atoms with Crippen LogP contribution in [0, 0.1) is 0 Å². The molecule has 0 saturated carbocycles. The average molecular weight is 485 g/mol. The quantitative estimate of drug-likeness (QED) is 0.397. The van der Waals surface area contributed by atoms with Gasteiger partial charge < -0.3 is 28.4 Å². The largest absolute Gasteiger partial charge is 0.493 e. The molecule has 0 N–H and O–H groups in total.